The van der Waals surface area contributed by atoms with E-state index in [1.807, 2.05) is 12.1 Å². The van der Waals surface area contributed by atoms with E-state index in [0.29, 0.717) is 25.4 Å². The van der Waals surface area contributed by atoms with Gasteiger partial charge >= 0.3 is 0 Å². The van der Waals surface area contributed by atoms with Crippen molar-refractivity contribution in [2.75, 3.05) is 19.8 Å². The Kier molecular flexibility index (Phi) is 12.6. The molecule has 0 aromatic heterocycles. The van der Waals surface area contributed by atoms with Crippen molar-refractivity contribution in [1.82, 2.24) is 0 Å². The molecule has 2 aromatic rings. The quantitative estimate of drug-likeness (QED) is 0.149. The Morgan fingerprint density at radius 3 is 1.89 bits per heavy atom. The van der Waals surface area contributed by atoms with Crippen LogP contribution >= 0.6 is 0 Å². The van der Waals surface area contributed by atoms with Crippen LogP contribution in [0.3, 0.4) is 0 Å². The van der Waals surface area contributed by atoms with E-state index in [1.165, 1.54) is 38.2 Å². The summed E-state index contributed by atoms with van der Waals surface area (Å²) in [4.78, 5) is 0. The molecule has 2 aromatic carbocycles. The minimum absolute atomic E-state index is 0.0483. The molecule has 0 aliphatic rings. The van der Waals surface area contributed by atoms with Gasteiger partial charge in [-0.25, -0.2) is 4.39 Å². The Labute approximate surface area is 219 Å². The Morgan fingerprint density at radius 1 is 0.639 bits per heavy atom. The summed E-state index contributed by atoms with van der Waals surface area (Å²) < 4.78 is 47.0. The molecule has 0 aliphatic carbocycles. The van der Waals surface area contributed by atoms with Gasteiger partial charge in [0.1, 0.15) is 5.75 Å². The van der Waals surface area contributed by atoms with Crippen molar-refractivity contribution >= 4 is 15.4 Å². The van der Waals surface area contributed by atoms with Gasteiger partial charge < -0.3 is 13.9 Å². The summed E-state index contributed by atoms with van der Waals surface area (Å²) in [5.74, 6) is -1.14. The second kappa shape index (κ2) is 14.9. The first-order valence-corrected chi connectivity index (χ1v) is 21.0. The van der Waals surface area contributed by atoms with E-state index in [4.69, 9.17) is 13.9 Å². The number of unbranched alkanes of at least 4 members (excludes halogenated alkanes) is 6. The van der Waals surface area contributed by atoms with Crippen molar-refractivity contribution in [3.63, 3.8) is 0 Å². The van der Waals surface area contributed by atoms with Gasteiger partial charge in [-0.05, 0) is 62.2 Å². The predicted molar refractivity (Wildman–Crippen MR) is 152 cm³/mol. The Balaban J connectivity index is 1.80. The average Bonchev–Trinajstić information content (AvgIpc) is 2.83. The molecule has 7 heteroatoms. The number of rotatable bonds is 17. The van der Waals surface area contributed by atoms with E-state index in [0.717, 1.165) is 25.0 Å². The smallest absolute Gasteiger partial charge is 0.201 e. The van der Waals surface area contributed by atoms with Gasteiger partial charge in [0.15, 0.2) is 19.4 Å². The highest BCUT2D eigenvalue weighted by atomic mass is 29.3. The zero-order valence-corrected chi connectivity index (χ0v) is 25.2. The number of halogens is 2. The molecule has 0 amide bonds. The molecule has 2 rings (SSSR count). The van der Waals surface area contributed by atoms with Crippen LogP contribution in [0.5, 0.6) is 11.5 Å². The van der Waals surface area contributed by atoms with Crippen molar-refractivity contribution in [3.05, 3.63) is 48.0 Å². The van der Waals surface area contributed by atoms with Crippen LogP contribution < -0.4 is 9.47 Å². The van der Waals surface area contributed by atoms with Gasteiger partial charge in [-0.3, -0.25) is 0 Å². The summed E-state index contributed by atoms with van der Waals surface area (Å²) in [7, 11) is -2.90. The number of benzene rings is 2. The van der Waals surface area contributed by atoms with E-state index in [9.17, 15) is 8.78 Å². The third-order valence-corrected chi connectivity index (χ3v) is 22.9. The van der Waals surface area contributed by atoms with Crippen LogP contribution in [0, 0.1) is 11.6 Å². The normalized spacial score (nSPS) is 12.1. The van der Waals surface area contributed by atoms with Gasteiger partial charge in [0.25, 0.3) is 0 Å². The van der Waals surface area contributed by atoms with E-state index < -0.39 is 27.1 Å². The Morgan fingerprint density at radius 2 is 1.22 bits per heavy atom. The van der Waals surface area contributed by atoms with Crippen LogP contribution in [0.4, 0.5) is 8.78 Å². The lowest BCUT2D eigenvalue weighted by atomic mass is 10.0. The minimum atomic E-state index is -1.62. The molecule has 0 atom stereocenters. The Hall–Kier alpha value is -1.71. The second-order valence-electron chi connectivity index (χ2n) is 11.0. The van der Waals surface area contributed by atoms with Crippen LogP contribution in [0.1, 0.15) is 58.3 Å². The van der Waals surface area contributed by atoms with Gasteiger partial charge in [-0.15, -0.1) is 0 Å². The topological polar surface area (TPSA) is 27.7 Å². The predicted octanol–water partition coefficient (Wildman–Crippen LogP) is 9.17. The molecular formula is C29H46F2O3Si2. The first kappa shape index (κ1) is 30.5. The zero-order valence-electron chi connectivity index (χ0n) is 23.2. The lowest BCUT2D eigenvalue weighted by molar-refractivity contribution is 0.257. The summed E-state index contributed by atoms with van der Waals surface area (Å²) in [6.07, 6.45) is 8.84. The fourth-order valence-corrected chi connectivity index (χ4v) is 6.29. The van der Waals surface area contributed by atoms with Gasteiger partial charge in [-0.1, -0.05) is 70.8 Å². The maximum atomic E-state index is 14.8. The molecule has 0 saturated carbocycles. The van der Waals surface area contributed by atoms with E-state index in [-0.39, 0.29) is 11.3 Å². The van der Waals surface area contributed by atoms with Crippen molar-refractivity contribution < 1.29 is 22.7 Å². The fourth-order valence-electron chi connectivity index (χ4n) is 3.60. The molecule has 0 spiro atoms. The molecular weight excluding hydrogens is 490 g/mol. The summed E-state index contributed by atoms with van der Waals surface area (Å²) in [6.45, 7) is 15.5. The highest BCUT2D eigenvalue weighted by Gasteiger charge is 2.38. The van der Waals surface area contributed by atoms with Crippen molar-refractivity contribution in [2.24, 2.45) is 0 Å². The first-order chi connectivity index (χ1) is 17.1. The summed E-state index contributed by atoms with van der Waals surface area (Å²) in [5, 5.41) is 0. The summed E-state index contributed by atoms with van der Waals surface area (Å²) >= 11 is 0. The lowest BCUT2D eigenvalue weighted by Crippen LogP contribution is -2.54. The highest BCUT2D eigenvalue weighted by Crippen LogP contribution is 2.31. The maximum Gasteiger partial charge on any atom is 0.201 e. The molecule has 0 radical (unpaired) electrons. The summed E-state index contributed by atoms with van der Waals surface area (Å²) in [5.41, 5.74) is 0.824. The molecule has 0 aliphatic heterocycles. The largest absolute Gasteiger partial charge is 0.494 e. The monoisotopic (exact) mass is 536 g/mol. The summed E-state index contributed by atoms with van der Waals surface area (Å²) in [6, 6.07) is 10.2. The SMILES string of the molecule is CCCCCCCCOc1ccc(-c2ccc(OCCCCO[Si](C)(C)[Si](C)(C)C)c(F)c2F)cc1. The van der Waals surface area contributed by atoms with Gasteiger partial charge in [0.2, 0.25) is 5.82 Å². The van der Waals surface area contributed by atoms with Crippen LogP contribution in [-0.4, -0.2) is 35.2 Å². The number of ether oxygens (including phenoxy) is 2. The van der Waals surface area contributed by atoms with E-state index in [2.05, 4.69) is 39.7 Å². The van der Waals surface area contributed by atoms with Crippen molar-refractivity contribution in [2.45, 2.75) is 91.0 Å². The van der Waals surface area contributed by atoms with Crippen LogP contribution in [-0.2, 0) is 4.43 Å². The third-order valence-electron chi connectivity index (χ3n) is 7.04. The van der Waals surface area contributed by atoms with Crippen molar-refractivity contribution in [3.8, 4) is 22.6 Å². The molecule has 36 heavy (non-hydrogen) atoms. The van der Waals surface area contributed by atoms with Crippen molar-refractivity contribution in [1.29, 1.82) is 0 Å². The molecule has 0 N–H and O–H groups in total. The first-order valence-electron chi connectivity index (χ1n) is 13.5. The standard InChI is InChI=1S/C29H46F2O3Si2/c1-7-8-9-10-11-12-21-32-25-17-15-24(16-18-25)26-19-20-27(29(31)28(26)30)33-22-13-14-23-34-36(5,6)35(2,3)4/h15-20H,7-14,21-23H2,1-6H3. The van der Waals surface area contributed by atoms with Crippen LogP contribution in [0.15, 0.2) is 36.4 Å². The minimum Gasteiger partial charge on any atom is -0.494 e. The molecule has 0 bridgehead atoms. The number of hydrogen-bond acceptors (Lipinski definition) is 3. The molecule has 0 saturated heterocycles. The second-order valence-corrected chi connectivity index (χ2v) is 27.0. The van der Waals surface area contributed by atoms with Gasteiger partial charge in [0.05, 0.1) is 20.8 Å². The molecule has 0 fully saturated rings. The Bertz CT molecular complexity index is 912. The number of hydrogen-bond donors (Lipinski definition) is 0. The highest BCUT2D eigenvalue weighted by molar-refractivity contribution is 7.37. The molecule has 202 valence electrons. The molecule has 0 unspecified atom stereocenters. The van der Waals surface area contributed by atoms with E-state index in [1.54, 1.807) is 18.2 Å². The average molecular weight is 537 g/mol. The van der Waals surface area contributed by atoms with Gasteiger partial charge in [0, 0.05) is 12.2 Å². The van der Waals surface area contributed by atoms with E-state index >= 15 is 0 Å². The molecule has 3 nitrogen and oxygen atoms in total. The lowest BCUT2D eigenvalue weighted by Gasteiger charge is -2.34. The van der Waals surface area contributed by atoms with Gasteiger partial charge in [-0.2, -0.15) is 4.39 Å². The van der Waals surface area contributed by atoms with Crippen LogP contribution in [0.2, 0.25) is 32.7 Å². The fraction of sp³-hybridized carbons (Fsp3) is 0.586. The third kappa shape index (κ3) is 9.63. The molecule has 0 heterocycles. The van der Waals surface area contributed by atoms with Crippen LogP contribution in [0.25, 0.3) is 11.1 Å². The maximum absolute atomic E-state index is 14.8. The zero-order chi connectivity index (χ0) is 26.6.